The van der Waals surface area contributed by atoms with E-state index in [0.717, 1.165) is 6.54 Å². The van der Waals surface area contributed by atoms with Crippen molar-refractivity contribution < 1.29 is 0 Å². The minimum atomic E-state index is 0.443. The van der Waals surface area contributed by atoms with Crippen LogP contribution >= 0.6 is 11.3 Å². The van der Waals surface area contributed by atoms with Crippen molar-refractivity contribution in [3.8, 4) is 0 Å². The standard InChI is InChI=1S/C11H18N2S/c1-9-3-2-5-13(9)11(7-12)10-4-6-14-8-10/h4,6,8-9,11H,2-3,5,7,12H2,1H3. The Kier molecular flexibility index (Phi) is 3.21. The normalized spacial score (nSPS) is 25.4. The van der Waals surface area contributed by atoms with Crippen LogP contribution in [0.25, 0.3) is 0 Å². The molecule has 2 atom stereocenters. The van der Waals surface area contributed by atoms with Crippen molar-refractivity contribution in [3.63, 3.8) is 0 Å². The quantitative estimate of drug-likeness (QED) is 0.829. The Bertz CT molecular complexity index is 271. The highest BCUT2D eigenvalue weighted by molar-refractivity contribution is 7.07. The van der Waals surface area contributed by atoms with Gasteiger partial charge in [0.25, 0.3) is 0 Å². The van der Waals surface area contributed by atoms with Crippen LogP contribution in [0.15, 0.2) is 16.8 Å². The Hall–Kier alpha value is -0.380. The first-order chi connectivity index (χ1) is 6.83. The van der Waals surface area contributed by atoms with E-state index in [0.29, 0.717) is 12.1 Å². The van der Waals surface area contributed by atoms with Gasteiger partial charge in [-0.3, -0.25) is 4.90 Å². The molecule has 1 saturated heterocycles. The summed E-state index contributed by atoms with van der Waals surface area (Å²) in [5.74, 6) is 0. The summed E-state index contributed by atoms with van der Waals surface area (Å²) in [5, 5.41) is 4.36. The molecule has 0 aromatic carbocycles. The fourth-order valence-corrected chi connectivity index (χ4v) is 3.05. The van der Waals surface area contributed by atoms with Crippen molar-refractivity contribution in [2.24, 2.45) is 5.73 Å². The molecule has 2 unspecified atom stereocenters. The largest absolute Gasteiger partial charge is 0.329 e. The van der Waals surface area contributed by atoms with E-state index >= 15 is 0 Å². The van der Waals surface area contributed by atoms with Gasteiger partial charge in [-0.2, -0.15) is 11.3 Å². The summed E-state index contributed by atoms with van der Waals surface area (Å²) in [6.07, 6.45) is 2.64. The lowest BCUT2D eigenvalue weighted by atomic mass is 10.1. The zero-order valence-electron chi connectivity index (χ0n) is 8.65. The van der Waals surface area contributed by atoms with E-state index in [2.05, 4.69) is 28.7 Å². The van der Waals surface area contributed by atoms with Crippen LogP contribution in [0, 0.1) is 0 Å². The molecule has 0 spiro atoms. The van der Waals surface area contributed by atoms with Gasteiger partial charge in [-0.15, -0.1) is 0 Å². The summed E-state index contributed by atoms with van der Waals surface area (Å²) in [4.78, 5) is 2.54. The Morgan fingerprint density at radius 3 is 3.07 bits per heavy atom. The summed E-state index contributed by atoms with van der Waals surface area (Å²) >= 11 is 1.76. The van der Waals surface area contributed by atoms with Gasteiger partial charge in [0, 0.05) is 18.6 Å². The van der Waals surface area contributed by atoms with Gasteiger partial charge in [0.15, 0.2) is 0 Å². The molecule has 0 radical (unpaired) electrons. The molecule has 2 nitrogen and oxygen atoms in total. The lowest BCUT2D eigenvalue weighted by Gasteiger charge is -2.30. The molecule has 14 heavy (non-hydrogen) atoms. The Balaban J connectivity index is 2.13. The van der Waals surface area contributed by atoms with Gasteiger partial charge in [0.05, 0.1) is 0 Å². The summed E-state index contributed by atoms with van der Waals surface area (Å²) in [5.41, 5.74) is 7.26. The van der Waals surface area contributed by atoms with Crippen LogP contribution in [0.1, 0.15) is 31.4 Å². The number of hydrogen-bond acceptors (Lipinski definition) is 3. The molecule has 1 fully saturated rings. The number of nitrogens with zero attached hydrogens (tertiary/aromatic N) is 1. The molecule has 2 N–H and O–H groups in total. The smallest absolute Gasteiger partial charge is 0.0481 e. The average molecular weight is 210 g/mol. The second-order valence-corrected chi connectivity index (χ2v) is 4.82. The van der Waals surface area contributed by atoms with Gasteiger partial charge in [0.1, 0.15) is 0 Å². The molecule has 1 aliphatic heterocycles. The van der Waals surface area contributed by atoms with E-state index in [9.17, 15) is 0 Å². The average Bonchev–Trinajstić information content (AvgIpc) is 2.80. The SMILES string of the molecule is CC1CCCN1C(CN)c1ccsc1. The lowest BCUT2D eigenvalue weighted by Crippen LogP contribution is -2.35. The predicted molar refractivity (Wildman–Crippen MR) is 61.5 cm³/mol. The Morgan fingerprint density at radius 2 is 2.57 bits per heavy atom. The maximum absolute atomic E-state index is 5.87. The Labute approximate surface area is 89.7 Å². The molecule has 2 heterocycles. The van der Waals surface area contributed by atoms with Gasteiger partial charge in [0.2, 0.25) is 0 Å². The maximum atomic E-state index is 5.87. The number of nitrogens with two attached hydrogens (primary N) is 1. The van der Waals surface area contributed by atoms with Crippen molar-refractivity contribution in [1.82, 2.24) is 4.90 Å². The fourth-order valence-electron chi connectivity index (χ4n) is 2.35. The number of rotatable bonds is 3. The molecule has 1 aromatic rings. The first-order valence-corrected chi connectivity index (χ1v) is 6.25. The highest BCUT2D eigenvalue weighted by atomic mass is 32.1. The Morgan fingerprint density at radius 1 is 1.71 bits per heavy atom. The molecular formula is C11H18N2S. The van der Waals surface area contributed by atoms with Crippen LogP contribution in [-0.4, -0.2) is 24.0 Å². The molecule has 1 aromatic heterocycles. The minimum Gasteiger partial charge on any atom is -0.329 e. The van der Waals surface area contributed by atoms with Crippen molar-refractivity contribution in [2.45, 2.75) is 31.8 Å². The lowest BCUT2D eigenvalue weighted by molar-refractivity contribution is 0.196. The monoisotopic (exact) mass is 210 g/mol. The molecule has 0 amide bonds. The third-order valence-electron chi connectivity index (χ3n) is 3.16. The summed E-state index contributed by atoms with van der Waals surface area (Å²) in [6.45, 7) is 4.25. The highest BCUT2D eigenvalue weighted by Crippen LogP contribution is 2.29. The van der Waals surface area contributed by atoms with Gasteiger partial charge in [-0.25, -0.2) is 0 Å². The van der Waals surface area contributed by atoms with E-state index in [-0.39, 0.29) is 0 Å². The van der Waals surface area contributed by atoms with Crippen LogP contribution in [0.3, 0.4) is 0 Å². The third-order valence-corrected chi connectivity index (χ3v) is 3.86. The molecular weight excluding hydrogens is 192 g/mol. The van der Waals surface area contributed by atoms with Crippen LogP contribution < -0.4 is 5.73 Å². The van der Waals surface area contributed by atoms with Gasteiger partial charge < -0.3 is 5.73 Å². The topological polar surface area (TPSA) is 29.3 Å². The van der Waals surface area contributed by atoms with E-state index in [4.69, 9.17) is 5.73 Å². The predicted octanol–water partition coefficient (Wildman–Crippen LogP) is 2.23. The van der Waals surface area contributed by atoms with Crippen molar-refractivity contribution in [2.75, 3.05) is 13.1 Å². The molecule has 3 heteroatoms. The molecule has 78 valence electrons. The van der Waals surface area contributed by atoms with E-state index in [1.807, 2.05) is 0 Å². The van der Waals surface area contributed by atoms with Gasteiger partial charge in [-0.1, -0.05) is 0 Å². The highest BCUT2D eigenvalue weighted by Gasteiger charge is 2.27. The second-order valence-electron chi connectivity index (χ2n) is 4.04. The molecule has 0 saturated carbocycles. The zero-order valence-corrected chi connectivity index (χ0v) is 9.46. The van der Waals surface area contributed by atoms with E-state index < -0.39 is 0 Å². The van der Waals surface area contributed by atoms with Gasteiger partial charge >= 0.3 is 0 Å². The molecule has 0 aliphatic carbocycles. The van der Waals surface area contributed by atoms with Crippen LogP contribution in [0.5, 0.6) is 0 Å². The summed E-state index contributed by atoms with van der Waals surface area (Å²) in [7, 11) is 0. The molecule has 0 bridgehead atoms. The van der Waals surface area contributed by atoms with Crippen LogP contribution in [0.2, 0.25) is 0 Å². The van der Waals surface area contributed by atoms with Crippen molar-refractivity contribution in [3.05, 3.63) is 22.4 Å². The van der Waals surface area contributed by atoms with E-state index in [1.165, 1.54) is 24.9 Å². The number of likely N-dealkylation sites (tertiary alicyclic amines) is 1. The molecule has 2 rings (SSSR count). The first-order valence-electron chi connectivity index (χ1n) is 5.31. The molecule has 1 aliphatic rings. The second kappa shape index (κ2) is 4.43. The summed E-state index contributed by atoms with van der Waals surface area (Å²) in [6, 6.07) is 3.34. The van der Waals surface area contributed by atoms with Gasteiger partial charge in [-0.05, 0) is 48.7 Å². The number of thiophene rings is 1. The van der Waals surface area contributed by atoms with E-state index in [1.54, 1.807) is 11.3 Å². The summed E-state index contributed by atoms with van der Waals surface area (Å²) < 4.78 is 0. The van der Waals surface area contributed by atoms with Crippen molar-refractivity contribution >= 4 is 11.3 Å². The first kappa shape index (κ1) is 10.1. The third kappa shape index (κ3) is 1.85. The number of hydrogen-bond donors (Lipinski definition) is 1. The van der Waals surface area contributed by atoms with Crippen LogP contribution in [0.4, 0.5) is 0 Å². The van der Waals surface area contributed by atoms with Crippen molar-refractivity contribution in [1.29, 1.82) is 0 Å². The fraction of sp³-hybridized carbons (Fsp3) is 0.636. The maximum Gasteiger partial charge on any atom is 0.0481 e. The zero-order chi connectivity index (χ0) is 9.97. The van der Waals surface area contributed by atoms with Crippen LogP contribution in [-0.2, 0) is 0 Å². The minimum absolute atomic E-state index is 0.443.